The van der Waals surface area contributed by atoms with Crippen molar-refractivity contribution in [1.29, 1.82) is 0 Å². The van der Waals surface area contributed by atoms with Gasteiger partial charge in [-0.1, -0.05) is 12.1 Å². The third-order valence-electron chi connectivity index (χ3n) is 3.05. The molecule has 2 heteroatoms. The fourth-order valence-corrected chi connectivity index (χ4v) is 1.72. The second kappa shape index (κ2) is 5.54. The zero-order chi connectivity index (χ0) is 12.9. The Labute approximate surface area is 103 Å². The lowest BCUT2D eigenvalue weighted by atomic mass is 9.79. The van der Waals surface area contributed by atoms with Gasteiger partial charge in [-0.05, 0) is 38.0 Å². The first-order chi connectivity index (χ1) is 7.98. The molecule has 1 aromatic rings. The number of nitrogen functional groups attached to an aromatic ring is 1. The van der Waals surface area contributed by atoms with Crippen LogP contribution in [-0.2, 0) is 10.2 Å². The quantitative estimate of drug-likeness (QED) is 0.479. The molecule has 90 valence electrons. The highest BCUT2D eigenvalue weighted by Crippen LogP contribution is 2.27. The van der Waals surface area contributed by atoms with Crippen molar-refractivity contribution < 1.29 is 4.79 Å². The largest absolute Gasteiger partial charge is 0.399 e. The predicted octanol–water partition coefficient (Wildman–Crippen LogP) is 2.92. The standard InChI is InChI=1S/C15H19NO/c1-4-5-6-7-14(17)15(2,3)12-8-10-13(16)11-9-12/h1,8-11H,5-7,16H2,2-3H3. The molecule has 1 rings (SSSR count). The molecule has 0 fully saturated rings. The van der Waals surface area contributed by atoms with E-state index in [2.05, 4.69) is 5.92 Å². The van der Waals surface area contributed by atoms with Gasteiger partial charge in [0.2, 0.25) is 0 Å². The normalized spacial score (nSPS) is 10.9. The van der Waals surface area contributed by atoms with E-state index < -0.39 is 5.41 Å². The summed E-state index contributed by atoms with van der Waals surface area (Å²) >= 11 is 0. The lowest BCUT2D eigenvalue weighted by Gasteiger charge is -2.23. The second-order valence-electron chi connectivity index (χ2n) is 4.73. The van der Waals surface area contributed by atoms with Crippen LogP contribution in [0.3, 0.4) is 0 Å². The third-order valence-corrected chi connectivity index (χ3v) is 3.05. The van der Waals surface area contributed by atoms with E-state index in [1.165, 1.54) is 0 Å². The van der Waals surface area contributed by atoms with Crippen LogP contribution in [0.2, 0.25) is 0 Å². The van der Waals surface area contributed by atoms with Gasteiger partial charge in [-0.2, -0.15) is 0 Å². The SMILES string of the molecule is C#CCCCC(=O)C(C)(C)c1ccc(N)cc1. The monoisotopic (exact) mass is 229 g/mol. The summed E-state index contributed by atoms with van der Waals surface area (Å²) in [7, 11) is 0. The fraction of sp³-hybridized carbons (Fsp3) is 0.400. The van der Waals surface area contributed by atoms with E-state index in [1.807, 2.05) is 38.1 Å². The molecular weight excluding hydrogens is 210 g/mol. The first-order valence-electron chi connectivity index (χ1n) is 5.81. The Morgan fingerprint density at radius 3 is 2.47 bits per heavy atom. The van der Waals surface area contributed by atoms with Crippen LogP contribution in [0.25, 0.3) is 0 Å². The van der Waals surface area contributed by atoms with E-state index in [9.17, 15) is 4.79 Å². The molecule has 0 unspecified atom stereocenters. The third kappa shape index (κ3) is 3.35. The van der Waals surface area contributed by atoms with Gasteiger partial charge in [0.25, 0.3) is 0 Å². The molecule has 0 aliphatic carbocycles. The van der Waals surface area contributed by atoms with Crippen molar-refractivity contribution in [2.45, 2.75) is 38.5 Å². The summed E-state index contributed by atoms with van der Waals surface area (Å²) < 4.78 is 0. The summed E-state index contributed by atoms with van der Waals surface area (Å²) in [6, 6.07) is 7.47. The van der Waals surface area contributed by atoms with Crippen LogP contribution in [0.5, 0.6) is 0 Å². The van der Waals surface area contributed by atoms with E-state index in [1.54, 1.807) is 0 Å². The van der Waals surface area contributed by atoms with E-state index in [0.29, 0.717) is 18.5 Å². The molecule has 1 aromatic carbocycles. The molecule has 0 spiro atoms. The highest BCUT2D eigenvalue weighted by molar-refractivity contribution is 5.89. The molecule has 0 heterocycles. The van der Waals surface area contributed by atoms with Gasteiger partial charge in [0, 0.05) is 23.9 Å². The Kier molecular flexibility index (Phi) is 4.34. The Balaban J connectivity index is 2.76. The zero-order valence-electron chi connectivity index (χ0n) is 10.5. The Bertz CT molecular complexity index is 423. The van der Waals surface area contributed by atoms with Crippen LogP contribution in [0.1, 0.15) is 38.7 Å². The molecule has 0 atom stereocenters. The van der Waals surface area contributed by atoms with Crippen molar-refractivity contribution in [2.24, 2.45) is 0 Å². The molecule has 0 aromatic heterocycles. The fourth-order valence-electron chi connectivity index (χ4n) is 1.72. The van der Waals surface area contributed by atoms with Crippen molar-refractivity contribution >= 4 is 11.5 Å². The minimum atomic E-state index is -0.470. The minimum absolute atomic E-state index is 0.220. The predicted molar refractivity (Wildman–Crippen MR) is 71.6 cm³/mol. The molecule has 0 radical (unpaired) electrons. The van der Waals surface area contributed by atoms with Gasteiger partial charge in [0.1, 0.15) is 5.78 Å². The second-order valence-corrected chi connectivity index (χ2v) is 4.73. The number of unbranched alkanes of at least 4 members (excludes halogenated alkanes) is 1. The molecule has 0 bridgehead atoms. The number of hydrogen-bond donors (Lipinski definition) is 1. The van der Waals surface area contributed by atoms with Crippen LogP contribution in [-0.4, -0.2) is 5.78 Å². The maximum atomic E-state index is 12.1. The number of carbonyl (C=O) groups is 1. The minimum Gasteiger partial charge on any atom is -0.399 e. The number of terminal acetylenes is 1. The van der Waals surface area contributed by atoms with Gasteiger partial charge in [0.05, 0.1) is 0 Å². The van der Waals surface area contributed by atoms with Gasteiger partial charge < -0.3 is 5.73 Å². The highest BCUT2D eigenvalue weighted by atomic mass is 16.1. The molecule has 0 saturated heterocycles. The summed E-state index contributed by atoms with van der Waals surface area (Å²) in [6.07, 6.45) is 7.12. The molecule has 17 heavy (non-hydrogen) atoms. The number of anilines is 1. The van der Waals surface area contributed by atoms with Gasteiger partial charge in [-0.25, -0.2) is 0 Å². The van der Waals surface area contributed by atoms with E-state index in [4.69, 9.17) is 12.2 Å². The Hall–Kier alpha value is -1.75. The van der Waals surface area contributed by atoms with Gasteiger partial charge >= 0.3 is 0 Å². The summed E-state index contributed by atoms with van der Waals surface area (Å²) in [6.45, 7) is 3.88. The summed E-state index contributed by atoms with van der Waals surface area (Å²) in [5.74, 6) is 2.77. The molecule has 2 N–H and O–H groups in total. The number of rotatable bonds is 5. The first-order valence-corrected chi connectivity index (χ1v) is 5.81. The number of Topliss-reactive ketones (excluding diaryl/α,β-unsaturated/α-hetero) is 1. The maximum Gasteiger partial charge on any atom is 0.142 e. The van der Waals surface area contributed by atoms with Crippen LogP contribution in [0.4, 0.5) is 5.69 Å². The zero-order valence-corrected chi connectivity index (χ0v) is 10.5. The molecule has 0 aliphatic rings. The summed E-state index contributed by atoms with van der Waals surface area (Å²) in [4.78, 5) is 12.1. The van der Waals surface area contributed by atoms with Crippen molar-refractivity contribution in [2.75, 3.05) is 5.73 Å². The van der Waals surface area contributed by atoms with Crippen LogP contribution >= 0.6 is 0 Å². The van der Waals surface area contributed by atoms with Gasteiger partial charge in [0.15, 0.2) is 0 Å². The Morgan fingerprint density at radius 1 is 1.35 bits per heavy atom. The van der Waals surface area contributed by atoms with E-state index in [-0.39, 0.29) is 5.78 Å². The van der Waals surface area contributed by atoms with Crippen molar-refractivity contribution in [3.63, 3.8) is 0 Å². The van der Waals surface area contributed by atoms with Crippen LogP contribution in [0.15, 0.2) is 24.3 Å². The number of carbonyl (C=O) groups excluding carboxylic acids is 1. The smallest absolute Gasteiger partial charge is 0.142 e. The lowest BCUT2D eigenvalue weighted by Crippen LogP contribution is -2.28. The first kappa shape index (κ1) is 13.3. The topological polar surface area (TPSA) is 43.1 Å². The van der Waals surface area contributed by atoms with Crippen molar-refractivity contribution in [3.8, 4) is 12.3 Å². The van der Waals surface area contributed by atoms with Gasteiger partial charge in [-0.15, -0.1) is 12.3 Å². The Morgan fingerprint density at radius 2 is 1.94 bits per heavy atom. The molecular formula is C15H19NO. The number of nitrogens with two attached hydrogens (primary N) is 1. The van der Waals surface area contributed by atoms with Crippen LogP contribution < -0.4 is 5.73 Å². The average molecular weight is 229 g/mol. The molecule has 0 aliphatic heterocycles. The lowest BCUT2D eigenvalue weighted by molar-refractivity contribution is -0.123. The van der Waals surface area contributed by atoms with E-state index >= 15 is 0 Å². The average Bonchev–Trinajstić information content (AvgIpc) is 2.29. The molecule has 2 nitrogen and oxygen atoms in total. The molecule has 0 amide bonds. The van der Waals surface area contributed by atoms with E-state index in [0.717, 1.165) is 12.0 Å². The number of hydrogen-bond acceptors (Lipinski definition) is 2. The summed E-state index contributed by atoms with van der Waals surface area (Å²) in [5.41, 5.74) is 6.88. The maximum absolute atomic E-state index is 12.1. The van der Waals surface area contributed by atoms with Crippen molar-refractivity contribution in [1.82, 2.24) is 0 Å². The highest BCUT2D eigenvalue weighted by Gasteiger charge is 2.28. The van der Waals surface area contributed by atoms with Gasteiger partial charge in [-0.3, -0.25) is 4.79 Å². The number of benzene rings is 1. The number of ketones is 1. The van der Waals surface area contributed by atoms with Crippen LogP contribution in [0, 0.1) is 12.3 Å². The van der Waals surface area contributed by atoms with Crippen molar-refractivity contribution in [3.05, 3.63) is 29.8 Å². The molecule has 0 saturated carbocycles. The summed E-state index contributed by atoms with van der Waals surface area (Å²) in [5, 5.41) is 0.